The van der Waals surface area contributed by atoms with Crippen LogP contribution in [0.3, 0.4) is 0 Å². The van der Waals surface area contributed by atoms with Gasteiger partial charge in [0.25, 0.3) is 5.79 Å². The van der Waals surface area contributed by atoms with Crippen LogP contribution in [0.5, 0.6) is 11.5 Å². The van der Waals surface area contributed by atoms with Crippen LogP contribution in [0.4, 0.5) is 0 Å². The van der Waals surface area contributed by atoms with Crippen molar-refractivity contribution in [1.82, 2.24) is 8.75 Å². The maximum Gasteiger partial charge on any atom is 0.342 e. The molecule has 2 aliphatic rings. The predicted octanol–water partition coefficient (Wildman–Crippen LogP) is 4.47. The Balaban J connectivity index is 1.53. The third-order valence-corrected chi connectivity index (χ3v) is 6.56. The van der Waals surface area contributed by atoms with Crippen LogP contribution in [-0.2, 0) is 21.7 Å². The van der Waals surface area contributed by atoms with Crippen LogP contribution in [0.15, 0.2) is 66.2 Å². The summed E-state index contributed by atoms with van der Waals surface area (Å²) in [6.45, 7) is 0.117. The molecule has 0 spiro atoms. The summed E-state index contributed by atoms with van der Waals surface area (Å²) in [7, 11) is 0. The average Bonchev–Trinajstić information content (AvgIpc) is 3.52. The number of benzene rings is 3. The predicted molar refractivity (Wildman–Crippen MR) is 122 cm³/mol. The fourth-order valence-corrected chi connectivity index (χ4v) is 4.79. The summed E-state index contributed by atoms with van der Waals surface area (Å²) in [5.41, 5.74) is 4.07. The van der Waals surface area contributed by atoms with Gasteiger partial charge in [-0.3, -0.25) is 0 Å². The van der Waals surface area contributed by atoms with Gasteiger partial charge in [-0.25, -0.2) is 4.79 Å². The van der Waals surface area contributed by atoms with Crippen molar-refractivity contribution in [2.24, 2.45) is 0 Å². The molecule has 0 saturated heterocycles. The number of rotatable bonds is 4. The summed E-state index contributed by atoms with van der Waals surface area (Å²) in [5, 5.41) is 12.2. The lowest BCUT2D eigenvalue weighted by molar-refractivity contribution is -0.185. The number of aromatic nitrogens is 2. The number of ether oxygens (including phenoxy) is 3. The number of halogens is 1. The monoisotopic (exact) mass is 478 g/mol. The van der Waals surface area contributed by atoms with Gasteiger partial charge in [-0.1, -0.05) is 35.9 Å². The summed E-state index contributed by atoms with van der Waals surface area (Å²) in [6.07, 6.45) is 0.252. The molecular weight excluding hydrogens is 464 g/mol. The number of fused-ring (bicyclic) bond motifs is 2. The van der Waals surface area contributed by atoms with Gasteiger partial charge in [-0.05, 0) is 47.5 Å². The number of carbonyl (C=O) groups excluding carboxylic acids is 1. The summed E-state index contributed by atoms with van der Waals surface area (Å²) in [6, 6.07) is 17.5. The molecule has 0 saturated carbocycles. The molecule has 33 heavy (non-hydrogen) atoms. The average molecular weight is 479 g/mol. The second kappa shape index (κ2) is 7.55. The van der Waals surface area contributed by atoms with Crippen molar-refractivity contribution in [3.63, 3.8) is 0 Å². The van der Waals surface area contributed by atoms with Gasteiger partial charge in [0.2, 0.25) is 6.79 Å². The number of carbonyl (C=O) groups is 1. The maximum absolute atomic E-state index is 13.1. The van der Waals surface area contributed by atoms with Gasteiger partial charge in [-0.15, -0.1) is 0 Å². The fraction of sp³-hybridized carbons (Fsp3) is 0.125. The second-order valence-corrected chi connectivity index (χ2v) is 8.69. The smallest absolute Gasteiger partial charge is 0.342 e. The first kappa shape index (κ1) is 20.2. The Kier molecular flexibility index (Phi) is 4.62. The first-order valence-corrected chi connectivity index (χ1v) is 11.2. The third kappa shape index (κ3) is 3.34. The van der Waals surface area contributed by atoms with Gasteiger partial charge in [0, 0.05) is 22.6 Å². The van der Waals surface area contributed by atoms with E-state index in [9.17, 15) is 9.90 Å². The zero-order valence-corrected chi connectivity index (χ0v) is 18.5. The molecule has 1 atom stereocenters. The molecule has 1 unspecified atom stereocenters. The molecule has 3 aromatic carbocycles. The van der Waals surface area contributed by atoms with E-state index in [2.05, 4.69) is 8.75 Å². The number of cyclic esters (lactones) is 1. The van der Waals surface area contributed by atoms with Gasteiger partial charge < -0.3 is 19.3 Å². The van der Waals surface area contributed by atoms with E-state index in [1.165, 1.54) is 0 Å². The third-order valence-electron chi connectivity index (χ3n) is 5.75. The minimum atomic E-state index is -1.96. The highest BCUT2D eigenvalue weighted by molar-refractivity contribution is 7.00. The fourth-order valence-electron chi connectivity index (χ4n) is 4.14. The van der Waals surface area contributed by atoms with Gasteiger partial charge in [0.15, 0.2) is 11.5 Å². The van der Waals surface area contributed by atoms with Crippen molar-refractivity contribution in [1.29, 1.82) is 0 Å². The van der Waals surface area contributed by atoms with Crippen LogP contribution >= 0.6 is 23.3 Å². The summed E-state index contributed by atoms with van der Waals surface area (Å²) < 4.78 is 25.0. The molecular formula is C24H15ClN2O5S. The van der Waals surface area contributed by atoms with Crippen LogP contribution in [0.2, 0.25) is 5.02 Å². The van der Waals surface area contributed by atoms with Crippen molar-refractivity contribution in [2.75, 3.05) is 6.79 Å². The summed E-state index contributed by atoms with van der Waals surface area (Å²) in [4.78, 5) is 13.1. The molecule has 0 radical (unpaired) electrons. The molecule has 0 fully saturated rings. The van der Waals surface area contributed by atoms with E-state index in [0.29, 0.717) is 33.2 Å². The van der Waals surface area contributed by atoms with E-state index in [-0.39, 0.29) is 18.8 Å². The number of esters is 1. The standard InChI is InChI=1S/C24H15ClN2O5S/c25-16-5-3-15(4-6-16)24(29)17(9-13-1-7-18-19(10-13)27-33-26-18)22(23(28)32-24)14-2-8-20-21(11-14)31-12-30-20/h1-8,10-11,29H,9,12H2. The molecule has 0 aliphatic carbocycles. The number of hydrogen-bond acceptors (Lipinski definition) is 8. The molecule has 9 heteroatoms. The molecule has 2 aliphatic heterocycles. The van der Waals surface area contributed by atoms with Crippen LogP contribution in [0, 0.1) is 0 Å². The van der Waals surface area contributed by atoms with E-state index in [1.807, 2.05) is 18.2 Å². The van der Waals surface area contributed by atoms with Crippen LogP contribution in [-0.4, -0.2) is 26.6 Å². The lowest BCUT2D eigenvalue weighted by atomic mass is 9.88. The number of nitrogens with zero attached hydrogens (tertiary/aromatic N) is 2. The topological polar surface area (TPSA) is 90.8 Å². The van der Waals surface area contributed by atoms with Crippen LogP contribution in [0.1, 0.15) is 16.7 Å². The van der Waals surface area contributed by atoms with Crippen LogP contribution in [0.25, 0.3) is 16.6 Å². The molecule has 4 aromatic rings. The van der Waals surface area contributed by atoms with Crippen molar-refractivity contribution in [3.05, 3.63) is 87.9 Å². The molecule has 1 aromatic heterocycles. The highest BCUT2D eigenvalue weighted by Crippen LogP contribution is 2.46. The zero-order chi connectivity index (χ0) is 22.6. The molecule has 1 N–H and O–H groups in total. The van der Waals surface area contributed by atoms with Gasteiger partial charge in [0.05, 0.1) is 17.3 Å². The Bertz CT molecular complexity index is 1450. The Morgan fingerprint density at radius 2 is 1.76 bits per heavy atom. The number of aliphatic hydroxyl groups is 1. The Hall–Kier alpha value is -3.46. The zero-order valence-electron chi connectivity index (χ0n) is 16.9. The lowest BCUT2D eigenvalue weighted by Gasteiger charge is -2.25. The molecule has 7 nitrogen and oxygen atoms in total. The van der Waals surface area contributed by atoms with Crippen molar-refractivity contribution in [2.45, 2.75) is 12.2 Å². The molecule has 164 valence electrons. The SMILES string of the molecule is O=C1OC(O)(c2ccc(Cl)cc2)C(Cc2ccc3nsnc3c2)=C1c1ccc2c(c1)OCO2. The van der Waals surface area contributed by atoms with Crippen LogP contribution < -0.4 is 9.47 Å². The maximum atomic E-state index is 13.1. The lowest BCUT2D eigenvalue weighted by Crippen LogP contribution is -2.29. The quantitative estimate of drug-likeness (QED) is 0.433. The molecule has 0 amide bonds. The van der Waals surface area contributed by atoms with E-state index in [4.69, 9.17) is 25.8 Å². The van der Waals surface area contributed by atoms with Gasteiger partial charge >= 0.3 is 5.97 Å². The van der Waals surface area contributed by atoms with Crippen molar-refractivity contribution < 1.29 is 24.1 Å². The summed E-state index contributed by atoms with van der Waals surface area (Å²) in [5.74, 6) is -1.45. The first-order chi connectivity index (χ1) is 16.0. The Morgan fingerprint density at radius 3 is 2.61 bits per heavy atom. The largest absolute Gasteiger partial charge is 0.454 e. The van der Waals surface area contributed by atoms with Gasteiger partial charge in [-0.2, -0.15) is 8.75 Å². The van der Waals surface area contributed by atoms with Gasteiger partial charge in [0.1, 0.15) is 11.0 Å². The van der Waals surface area contributed by atoms with E-state index in [1.54, 1.807) is 42.5 Å². The molecule has 0 bridgehead atoms. The minimum Gasteiger partial charge on any atom is -0.454 e. The van der Waals surface area contributed by atoms with E-state index >= 15 is 0 Å². The van der Waals surface area contributed by atoms with Crippen molar-refractivity contribution >= 4 is 45.9 Å². The number of hydrogen-bond donors (Lipinski definition) is 1. The second-order valence-electron chi connectivity index (χ2n) is 7.73. The molecule has 6 rings (SSSR count). The highest BCUT2D eigenvalue weighted by Gasteiger charge is 2.48. The van der Waals surface area contributed by atoms with Crippen molar-refractivity contribution in [3.8, 4) is 11.5 Å². The Labute approximate surface area is 197 Å². The Morgan fingerprint density at radius 1 is 0.970 bits per heavy atom. The minimum absolute atomic E-state index is 0.117. The molecule has 3 heterocycles. The van der Waals surface area contributed by atoms with E-state index < -0.39 is 11.8 Å². The highest BCUT2D eigenvalue weighted by atomic mass is 35.5. The first-order valence-electron chi connectivity index (χ1n) is 10.1. The normalized spacial score (nSPS) is 19.4. The summed E-state index contributed by atoms with van der Waals surface area (Å²) >= 11 is 7.18. The van der Waals surface area contributed by atoms with E-state index in [0.717, 1.165) is 28.3 Å².